The quantitative estimate of drug-likeness (QED) is 0.850. The summed E-state index contributed by atoms with van der Waals surface area (Å²) in [4.78, 5) is 6.70. The Morgan fingerprint density at radius 3 is 2.87 bits per heavy atom. The van der Waals surface area contributed by atoms with Gasteiger partial charge in [0.2, 0.25) is 0 Å². The third-order valence-corrected chi connectivity index (χ3v) is 4.00. The Balaban J connectivity index is 1.53. The highest BCUT2D eigenvalue weighted by Gasteiger charge is 2.19. The van der Waals surface area contributed by atoms with Crippen molar-refractivity contribution in [2.75, 3.05) is 26.3 Å². The molecule has 0 amide bonds. The molecule has 1 aliphatic rings. The molecule has 1 saturated heterocycles. The number of hydrogen-bond acceptors (Lipinski definition) is 4. The van der Waals surface area contributed by atoms with Gasteiger partial charge in [-0.3, -0.25) is 9.88 Å². The molecule has 4 nitrogen and oxygen atoms in total. The lowest BCUT2D eigenvalue weighted by Gasteiger charge is -2.23. The summed E-state index contributed by atoms with van der Waals surface area (Å²) in [5, 5.41) is 0. The highest BCUT2D eigenvalue weighted by molar-refractivity contribution is 5.19. The van der Waals surface area contributed by atoms with Crippen molar-refractivity contribution in [1.82, 2.24) is 9.88 Å². The average Bonchev–Trinajstić information content (AvgIpc) is 2.80. The maximum Gasteiger partial charge on any atom is 0.137 e. The van der Waals surface area contributed by atoms with Crippen LogP contribution in [-0.4, -0.2) is 42.3 Å². The molecule has 1 fully saturated rings. The SMILES string of the molecule is Cc1ccc(OC[C@H]2CN(Cc3ccccc3)CCCO2)cn1. The summed E-state index contributed by atoms with van der Waals surface area (Å²) in [6.07, 6.45) is 2.94. The zero-order chi connectivity index (χ0) is 15.9. The van der Waals surface area contributed by atoms with Gasteiger partial charge in [-0.25, -0.2) is 0 Å². The first-order valence-electron chi connectivity index (χ1n) is 8.23. The summed E-state index contributed by atoms with van der Waals surface area (Å²) >= 11 is 0. The molecule has 0 bridgehead atoms. The highest BCUT2D eigenvalue weighted by atomic mass is 16.5. The number of pyridine rings is 1. The molecule has 1 aromatic carbocycles. The van der Waals surface area contributed by atoms with E-state index in [0.29, 0.717) is 6.61 Å². The fourth-order valence-corrected chi connectivity index (χ4v) is 2.78. The highest BCUT2D eigenvalue weighted by Crippen LogP contribution is 2.13. The van der Waals surface area contributed by atoms with Crippen LogP contribution < -0.4 is 4.74 Å². The van der Waals surface area contributed by atoms with Crippen LogP contribution in [0.5, 0.6) is 5.75 Å². The van der Waals surface area contributed by atoms with Crippen molar-refractivity contribution >= 4 is 0 Å². The number of nitrogens with zero attached hydrogens (tertiary/aromatic N) is 2. The lowest BCUT2D eigenvalue weighted by Crippen LogP contribution is -2.34. The van der Waals surface area contributed by atoms with Crippen LogP contribution >= 0.6 is 0 Å². The van der Waals surface area contributed by atoms with Gasteiger partial charge in [-0.2, -0.15) is 0 Å². The van der Waals surface area contributed by atoms with Gasteiger partial charge in [0.25, 0.3) is 0 Å². The van der Waals surface area contributed by atoms with Crippen molar-refractivity contribution < 1.29 is 9.47 Å². The number of aromatic nitrogens is 1. The largest absolute Gasteiger partial charge is 0.489 e. The molecular formula is C19H24N2O2. The first-order valence-corrected chi connectivity index (χ1v) is 8.23. The van der Waals surface area contributed by atoms with Gasteiger partial charge in [0.15, 0.2) is 0 Å². The molecule has 1 atom stereocenters. The van der Waals surface area contributed by atoms with E-state index in [1.54, 1.807) is 6.20 Å². The molecule has 0 N–H and O–H groups in total. The van der Waals surface area contributed by atoms with E-state index in [1.807, 2.05) is 19.1 Å². The Bertz CT molecular complexity index is 586. The van der Waals surface area contributed by atoms with Gasteiger partial charge in [-0.15, -0.1) is 0 Å². The number of benzene rings is 1. The summed E-state index contributed by atoms with van der Waals surface area (Å²) < 4.78 is 11.8. The van der Waals surface area contributed by atoms with Gasteiger partial charge in [-0.1, -0.05) is 30.3 Å². The van der Waals surface area contributed by atoms with Gasteiger partial charge >= 0.3 is 0 Å². The van der Waals surface area contributed by atoms with E-state index in [-0.39, 0.29) is 6.10 Å². The molecule has 122 valence electrons. The molecule has 1 aliphatic heterocycles. The molecule has 0 saturated carbocycles. The topological polar surface area (TPSA) is 34.6 Å². The van der Waals surface area contributed by atoms with Crippen molar-refractivity contribution in [3.63, 3.8) is 0 Å². The van der Waals surface area contributed by atoms with E-state index in [9.17, 15) is 0 Å². The molecule has 23 heavy (non-hydrogen) atoms. The second-order valence-corrected chi connectivity index (χ2v) is 6.01. The minimum atomic E-state index is 0.0996. The Kier molecular flexibility index (Phi) is 5.61. The second-order valence-electron chi connectivity index (χ2n) is 6.01. The van der Waals surface area contributed by atoms with Crippen LogP contribution in [0.3, 0.4) is 0 Å². The molecule has 0 spiro atoms. The van der Waals surface area contributed by atoms with E-state index in [4.69, 9.17) is 9.47 Å². The van der Waals surface area contributed by atoms with Gasteiger partial charge in [0, 0.05) is 31.9 Å². The van der Waals surface area contributed by atoms with E-state index >= 15 is 0 Å². The van der Waals surface area contributed by atoms with Crippen molar-refractivity contribution in [1.29, 1.82) is 0 Å². The second kappa shape index (κ2) is 8.09. The van der Waals surface area contributed by atoms with Crippen LogP contribution in [0.1, 0.15) is 17.7 Å². The summed E-state index contributed by atoms with van der Waals surface area (Å²) in [6.45, 7) is 6.26. The van der Waals surface area contributed by atoms with Gasteiger partial charge < -0.3 is 9.47 Å². The molecule has 0 radical (unpaired) electrons. The minimum Gasteiger partial charge on any atom is -0.489 e. The Morgan fingerprint density at radius 1 is 1.22 bits per heavy atom. The van der Waals surface area contributed by atoms with Crippen LogP contribution in [-0.2, 0) is 11.3 Å². The van der Waals surface area contributed by atoms with Crippen LogP contribution in [0.4, 0.5) is 0 Å². The van der Waals surface area contributed by atoms with E-state index in [0.717, 1.165) is 44.1 Å². The van der Waals surface area contributed by atoms with Crippen molar-refractivity contribution in [3.8, 4) is 5.75 Å². The third kappa shape index (κ3) is 5.05. The first-order chi connectivity index (χ1) is 11.3. The third-order valence-electron chi connectivity index (χ3n) is 4.00. The van der Waals surface area contributed by atoms with Gasteiger partial charge in [0.05, 0.1) is 6.20 Å². The van der Waals surface area contributed by atoms with Crippen molar-refractivity contribution in [2.24, 2.45) is 0 Å². The molecule has 1 aromatic heterocycles. The van der Waals surface area contributed by atoms with E-state index in [1.165, 1.54) is 5.56 Å². The van der Waals surface area contributed by atoms with Crippen LogP contribution in [0.15, 0.2) is 48.7 Å². The van der Waals surface area contributed by atoms with Crippen LogP contribution in [0, 0.1) is 6.92 Å². The molecule has 3 rings (SSSR count). The minimum absolute atomic E-state index is 0.0996. The lowest BCUT2D eigenvalue weighted by molar-refractivity contribution is 0.0200. The monoisotopic (exact) mass is 312 g/mol. The zero-order valence-electron chi connectivity index (χ0n) is 13.6. The average molecular weight is 312 g/mol. The van der Waals surface area contributed by atoms with Crippen molar-refractivity contribution in [3.05, 3.63) is 59.9 Å². The standard InChI is InChI=1S/C19H24N2O2/c1-16-8-9-18(12-20-16)23-15-19-14-21(10-5-11-22-19)13-17-6-3-2-4-7-17/h2-4,6-9,12,19H,5,10-11,13-15H2,1H3/t19-/m1/s1. The number of aryl methyl sites for hydroxylation is 1. The van der Waals surface area contributed by atoms with E-state index < -0.39 is 0 Å². The number of ether oxygens (including phenoxy) is 2. The first kappa shape index (κ1) is 16.0. The number of hydrogen-bond donors (Lipinski definition) is 0. The van der Waals surface area contributed by atoms with Gasteiger partial charge in [-0.05, 0) is 31.0 Å². The summed E-state index contributed by atoms with van der Waals surface area (Å²) in [5.41, 5.74) is 2.34. The number of rotatable bonds is 5. The molecule has 0 aliphatic carbocycles. The van der Waals surface area contributed by atoms with E-state index in [2.05, 4.69) is 40.2 Å². The normalized spacial score (nSPS) is 19.3. The predicted octanol–water partition coefficient (Wildman–Crippen LogP) is 3.06. The zero-order valence-corrected chi connectivity index (χ0v) is 13.6. The van der Waals surface area contributed by atoms with Gasteiger partial charge in [0.1, 0.15) is 18.5 Å². The fraction of sp³-hybridized carbons (Fsp3) is 0.421. The van der Waals surface area contributed by atoms with Crippen molar-refractivity contribution in [2.45, 2.75) is 26.0 Å². The molecular weight excluding hydrogens is 288 g/mol. The smallest absolute Gasteiger partial charge is 0.137 e. The molecule has 0 unspecified atom stereocenters. The predicted molar refractivity (Wildman–Crippen MR) is 90.5 cm³/mol. The summed E-state index contributed by atoms with van der Waals surface area (Å²) in [7, 11) is 0. The van der Waals surface area contributed by atoms with Crippen LogP contribution in [0.2, 0.25) is 0 Å². The maximum absolute atomic E-state index is 5.93. The Hall–Kier alpha value is -1.91. The summed E-state index contributed by atoms with van der Waals surface area (Å²) in [6, 6.07) is 14.5. The fourth-order valence-electron chi connectivity index (χ4n) is 2.78. The lowest BCUT2D eigenvalue weighted by atomic mass is 10.2. The molecule has 2 aromatic rings. The molecule has 2 heterocycles. The summed E-state index contributed by atoms with van der Waals surface area (Å²) in [5.74, 6) is 0.804. The van der Waals surface area contributed by atoms with Crippen LogP contribution in [0.25, 0.3) is 0 Å². The Morgan fingerprint density at radius 2 is 2.09 bits per heavy atom. The molecule has 4 heteroatoms. The Labute approximate surface area is 138 Å². The maximum atomic E-state index is 5.93.